The number of aliphatic hydroxyl groups excluding tert-OH is 1. The molecule has 0 aliphatic carbocycles. The Morgan fingerprint density at radius 3 is 3.05 bits per heavy atom. The molecule has 0 amide bonds. The zero-order valence-corrected chi connectivity index (χ0v) is 13.5. The van der Waals surface area contributed by atoms with Crippen LogP contribution in [0.3, 0.4) is 0 Å². The number of halogens is 1. The summed E-state index contributed by atoms with van der Waals surface area (Å²) in [5.74, 6) is 0. The van der Waals surface area contributed by atoms with Crippen molar-refractivity contribution in [2.45, 2.75) is 31.5 Å². The molecule has 1 aliphatic heterocycles. The second kappa shape index (κ2) is 7.15. The lowest BCUT2D eigenvalue weighted by Crippen LogP contribution is -2.50. The van der Waals surface area contributed by atoms with Crippen LogP contribution in [-0.4, -0.2) is 48.5 Å². The van der Waals surface area contributed by atoms with Crippen LogP contribution in [0.25, 0.3) is 0 Å². The van der Waals surface area contributed by atoms with Gasteiger partial charge < -0.3 is 15.6 Å². The Morgan fingerprint density at radius 2 is 2.47 bits per heavy atom. The summed E-state index contributed by atoms with van der Waals surface area (Å²) in [7, 11) is 0. The molecule has 1 fully saturated rings. The molecule has 4 nitrogen and oxygen atoms in total. The highest BCUT2D eigenvalue weighted by Crippen LogP contribution is 2.33. The maximum atomic E-state index is 9.27. The first kappa shape index (κ1) is 15.4. The fraction of sp³-hybridized carbons (Fsp3) is 0.692. The van der Waals surface area contributed by atoms with Gasteiger partial charge in [-0.25, -0.2) is 0 Å². The van der Waals surface area contributed by atoms with Gasteiger partial charge >= 0.3 is 0 Å². The standard InChI is InChI=1S/C13H21BrN2O2S/c1-2-11(15)13(12-5-9(14)8-19-12)16-3-4-18-10(6-16)7-17/h5,8,10-11,13,17H,2-4,6-7,15H2,1H3. The average Bonchev–Trinajstić information content (AvgIpc) is 2.85. The molecular weight excluding hydrogens is 328 g/mol. The summed E-state index contributed by atoms with van der Waals surface area (Å²) in [5.41, 5.74) is 6.32. The number of ether oxygens (including phenoxy) is 1. The second-order valence-corrected chi connectivity index (χ2v) is 6.71. The van der Waals surface area contributed by atoms with Crippen LogP contribution in [0.1, 0.15) is 24.3 Å². The van der Waals surface area contributed by atoms with Crippen LogP contribution in [-0.2, 0) is 4.74 Å². The number of nitrogens with two attached hydrogens (primary N) is 1. The van der Waals surface area contributed by atoms with Crippen molar-refractivity contribution in [1.82, 2.24) is 4.90 Å². The Morgan fingerprint density at radius 1 is 1.68 bits per heavy atom. The molecule has 19 heavy (non-hydrogen) atoms. The van der Waals surface area contributed by atoms with E-state index in [0.717, 1.165) is 24.0 Å². The molecule has 0 bridgehead atoms. The number of hydrogen-bond donors (Lipinski definition) is 2. The van der Waals surface area contributed by atoms with Crippen molar-refractivity contribution in [3.63, 3.8) is 0 Å². The minimum atomic E-state index is -0.0938. The van der Waals surface area contributed by atoms with Crippen molar-refractivity contribution in [3.8, 4) is 0 Å². The zero-order valence-electron chi connectivity index (χ0n) is 11.1. The third-order valence-electron chi connectivity index (χ3n) is 3.52. The van der Waals surface area contributed by atoms with Crippen molar-refractivity contribution in [2.24, 2.45) is 5.73 Å². The second-order valence-electron chi connectivity index (χ2n) is 4.85. The molecule has 3 N–H and O–H groups in total. The fourth-order valence-corrected chi connectivity index (χ4v) is 4.13. The van der Waals surface area contributed by atoms with Gasteiger partial charge in [-0.2, -0.15) is 0 Å². The first-order chi connectivity index (χ1) is 9.15. The molecule has 6 heteroatoms. The van der Waals surface area contributed by atoms with E-state index in [1.165, 1.54) is 4.88 Å². The molecule has 0 aromatic carbocycles. The molecule has 3 unspecified atom stereocenters. The van der Waals surface area contributed by atoms with Crippen molar-refractivity contribution in [3.05, 3.63) is 20.8 Å². The predicted molar refractivity (Wildman–Crippen MR) is 81.4 cm³/mol. The normalized spacial score (nSPS) is 24.3. The summed E-state index contributed by atoms with van der Waals surface area (Å²) >= 11 is 5.24. The number of hydrogen-bond acceptors (Lipinski definition) is 5. The highest BCUT2D eigenvalue weighted by atomic mass is 79.9. The molecule has 0 spiro atoms. The summed E-state index contributed by atoms with van der Waals surface area (Å²) in [4.78, 5) is 3.62. The van der Waals surface area contributed by atoms with E-state index in [4.69, 9.17) is 10.5 Å². The molecule has 1 saturated heterocycles. The molecule has 1 aliphatic rings. The molecule has 0 saturated carbocycles. The van der Waals surface area contributed by atoms with Crippen LogP contribution in [0.15, 0.2) is 15.9 Å². The van der Waals surface area contributed by atoms with Gasteiger partial charge in [0.1, 0.15) is 0 Å². The highest BCUT2D eigenvalue weighted by Gasteiger charge is 2.31. The van der Waals surface area contributed by atoms with Gasteiger partial charge in [-0.05, 0) is 28.4 Å². The van der Waals surface area contributed by atoms with Gasteiger partial charge in [0, 0.05) is 33.9 Å². The van der Waals surface area contributed by atoms with E-state index in [1.54, 1.807) is 11.3 Å². The Balaban J connectivity index is 2.17. The van der Waals surface area contributed by atoms with E-state index in [1.807, 2.05) is 0 Å². The summed E-state index contributed by atoms with van der Waals surface area (Å²) < 4.78 is 6.63. The van der Waals surface area contributed by atoms with Crippen LogP contribution in [0.4, 0.5) is 0 Å². The number of nitrogens with zero attached hydrogens (tertiary/aromatic N) is 1. The van der Waals surface area contributed by atoms with E-state index in [0.29, 0.717) is 6.61 Å². The molecular formula is C13H21BrN2O2S. The first-order valence-electron chi connectivity index (χ1n) is 6.61. The van der Waals surface area contributed by atoms with Gasteiger partial charge in [-0.3, -0.25) is 4.90 Å². The monoisotopic (exact) mass is 348 g/mol. The van der Waals surface area contributed by atoms with Crippen LogP contribution < -0.4 is 5.73 Å². The minimum Gasteiger partial charge on any atom is -0.394 e. The summed E-state index contributed by atoms with van der Waals surface area (Å²) in [6.45, 7) is 4.45. The smallest absolute Gasteiger partial charge is 0.0933 e. The van der Waals surface area contributed by atoms with Crippen molar-refractivity contribution in [2.75, 3.05) is 26.3 Å². The molecule has 0 radical (unpaired) electrons. The number of aliphatic hydroxyl groups is 1. The summed E-state index contributed by atoms with van der Waals surface area (Å²) in [6, 6.07) is 2.45. The molecule has 1 aromatic rings. The number of thiophene rings is 1. The maximum Gasteiger partial charge on any atom is 0.0933 e. The van der Waals surface area contributed by atoms with Gasteiger partial charge in [-0.15, -0.1) is 11.3 Å². The molecule has 1 aromatic heterocycles. The SMILES string of the molecule is CCC(N)C(c1cc(Br)cs1)N1CCOC(CO)C1. The van der Waals surface area contributed by atoms with Crippen molar-refractivity contribution in [1.29, 1.82) is 0 Å². The highest BCUT2D eigenvalue weighted by molar-refractivity contribution is 9.10. The van der Waals surface area contributed by atoms with Gasteiger partial charge in [0.05, 0.1) is 25.4 Å². The largest absolute Gasteiger partial charge is 0.394 e. The number of rotatable bonds is 5. The Labute approximate surface area is 126 Å². The van der Waals surface area contributed by atoms with Crippen LogP contribution in [0.2, 0.25) is 0 Å². The Kier molecular flexibility index (Phi) is 5.80. The molecule has 3 atom stereocenters. The minimum absolute atomic E-state index is 0.0682. The van der Waals surface area contributed by atoms with E-state index >= 15 is 0 Å². The van der Waals surface area contributed by atoms with E-state index in [2.05, 4.69) is 39.2 Å². The topological polar surface area (TPSA) is 58.7 Å². The van der Waals surface area contributed by atoms with E-state index in [-0.39, 0.29) is 24.8 Å². The Hall–Kier alpha value is 0.0200. The zero-order chi connectivity index (χ0) is 13.8. The lowest BCUT2D eigenvalue weighted by atomic mass is 10.0. The van der Waals surface area contributed by atoms with E-state index < -0.39 is 0 Å². The lowest BCUT2D eigenvalue weighted by Gasteiger charge is -2.39. The summed E-state index contributed by atoms with van der Waals surface area (Å²) in [6.07, 6.45) is 0.838. The summed E-state index contributed by atoms with van der Waals surface area (Å²) in [5, 5.41) is 11.4. The molecule has 2 heterocycles. The van der Waals surface area contributed by atoms with E-state index in [9.17, 15) is 5.11 Å². The van der Waals surface area contributed by atoms with Crippen LogP contribution in [0, 0.1) is 0 Å². The fourth-order valence-electron chi connectivity index (χ4n) is 2.47. The lowest BCUT2D eigenvalue weighted by molar-refractivity contribution is -0.0678. The third kappa shape index (κ3) is 3.77. The predicted octanol–water partition coefficient (Wildman–Crippen LogP) is 1.98. The molecule has 2 rings (SSSR count). The average molecular weight is 349 g/mol. The van der Waals surface area contributed by atoms with Gasteiger partial charge in [0.25, 0.3) is 0 Å². The Bertz CT molecular complexity index is 402. The van der Waals surface area contributed by atoms with Crippen LogP contribution >= 0.6 is 27.3 Å². The number of morpholine rings is 1. The molecule has 108 valence electrons. The van der Waals surface area contributed by atoms with Gasteiger partial charge in [-0.1, -0.05) is 6.92 Å². The quantitative estimate of drug-likeness (QED) is 0.854. The van der Waals surface area contributed by atoms with Crippen LogP contribution in [0.5, 0.6) is 0 Å². The van der Waals surface area contributed by atoms with Crippen molar-refractivity contribution < 1.29 is 9.84 Å². The maximum absolute atomic E-state index is 9.27. The first-order valence-corrected chi connectivity index (χ1v) is 8.29. The van der Waals surface area contributed by atoms with Crippen molar-refractivity contribution >= 4 is 27.3 Å². The third-order valence-corrected chi connectivity index (χ3v) is 5.29. The van der Waals surface area contributed by atoms with Gasteiger partial charge in [0.2, 0.25) is 0 Å². The van der Waals surface area contributed by atoms with Gasteiger partial charge in [0.15, 0.2) is 0 Å².